The Morgan fingerprint density at radius 3 is 2.60 bits per heavy atom. The maximum Gasteiger partial charge on any atom is 0.245 e. The molecule has 0 aromatic heterocycles. The van der Waals surface area contributed by atoms with Gasteiger partial charge >= 0.3 is 0 Å². The van der Waals surface area contributed by atoms with E-state index in [9.17, 15) is 19.5 Å². The Labute approximate surface area is 118 Å². The topological polar surface area (TPSA) is 89.5 Å². The quantitative estimate of drug-likeness (QED) is 0.759. The van der Waals surface area contributed by atoms with Crippen LogP contribution >= 0.6 is 0 Å². The number of carboxylic acid groups (broad SMARTS) is 1. The van der Waals surface area contributed by atoms with Crippen LogP contribution in [-0.2, 0) is 14.4 Å². The van der Waals surface area contributed by atoms with E-state index in [4.69, 9.17) is 0 Å². The van der Waals surface area contributed by atoms with Crippen molar-refractivity contribution in [1.29, 1.82) is 0 Å². The molecule has 1 heterocycles. The lowest BCUT2D eigenvalue weighted by Crippen LogP contribution is -2.72. The van der Waals surface area contributed by atoms with E-state index in [0.29, 0.717) is 0 Å². The number of carbonyl (C=O) groups excluding carboxylic acids is 3. The molecule has 2 aliphatic rings. The van der Waals surface area contributed by atoms with E-state index in [1.165, 1.54) is 0 Å². The minimum Gasteiger partial charge on any atom is -0.550 e. The standard InChI is InChI=1S/C14H22N2O4/c1-14(2)13(20)15-9-5-3-4-6-10(9)16(14)11(17)7-8-12(18)19/h9-10H,3-8H2,1-2H3,(H,15,20)(H,18,19)/p-1/t9-,10+/m1/s1. The molecular weight excluding hydrogens is 260 g/mol. The second-order valence-electron chi connectivity index (χ2n) is 6.13. The molecule has 1 aliphatic carbocycles. The predicted octanol–water partition coefficient (Wildman–Crippen LogP) is -0.435. The summed E-state index contributed by atoms with van der Waals surface area (Å²) in [6.07, 6.45) is 3.38. The first kappa shape index (κ1) is 14.8. The van der Waals surface area contributed by atoms with Crippen LogP contribution in [0.2, 0.25) is 0 Å². The Kier molecular flexibility index (Phi) is 4.01. The molecule has 20 heavy (non-hydrogen) atoms. The number of amides is 2. The first-order valence-corrected chi connectivity index (χ1v) is 7.17. The zero-order valence-electron chi connectivity index (χ0n) is 12.0. The summed E-state index contributed by atoms with van der Waals surface area (Å²) in [5, 5.41) is 13.5. The molecular formula is C14H21N2O4-. The van der Waals surface area contributed by atoms with Crippen LogP contribution in [0.25, 0.3) is 0 Å². The number of aliphatic carboxylic acids is 1. The Balaban J connectivity index is 2.21. The lowest BCUT2D eigenvalue weighted by atomic mass is 9.82. The van der Waals surface area contributed by atoms with Gasteiger partial charge in [-0.25, -0.2) is 0 Å². The van der Waals surface area contributed by atoms with Gasteiger partial charge in [-0.3, -0.25) is 9.59 Å². The third kappa shape index (κ3) is 2.64. The molecule has 0 aromatic carbocycles. The lowest BCUT2D eigenvalue weighted by Gasteiger charge is -2.52. The molecule has 1 N–H and O–H groups in total. The number of rotatable bonds is 3. The van der Waals surface area contributed by atoms with Crippen molar-refractivity contribution in [2.24, 2.45) is 0 Å². The maximum atomic E-state index is 12.4. The number of hydrogen-bond acceptors (Lipinski definition) is 4. The molecule has 1 saturated heterocycles. The highest BCUT2D eigenvalue weighted by Crippen LogP contribution is 2.33. The van der Waals surface area contributed by atoms with Gasteiger partial charge in [0.1, 0.15) is 5.54 Å². The average Bonchev–Trinajstić information content (AvgIpc) is 2.37. The smallest absolute Gasteiger partial charge is 0.245 e. The molecule has 0 bridgehead atoms. The van der Waals surface area contributed by atoms with Crippen molar-refractivity contribution in [3.8, 4) is 0 Å². The van der Waals surface area contributed by atoms with Crippen LogP contribution in [-0.4, -0.2) is 40.3 Å². The lowest BCUT2D eigenvalue weighted by molar-refractivity contribution is -0.305. The van der Waals surface area contributed by atoms with E-state index in [1.54, 1.807) is 18.7 Å². The summed E-state index contributed by atoms with van der Waals surface area (Å²) in [5.41, 5.74) is -0.929. The summed E-state index contributed by atoms with van der Waals surface area (Å²) >= 11 is 0. The molecule has 1 aliphatic heterocycles. The Hall–Kier alpha value is -1.59. The normalized spacial score (nSPS) is 28.5. The summed E-state index contributed by atoms with van der Waals surface area (Å²) < 4.78 is 0. The van der Waals surface area contributed by atoms with Crippen molar-refractivity contribution in [3.63, 3.8) is 0 Å². The van der Waals surface area contributed by atoms with Crippen LogP contribution in [0.15, 0.2) is 0 Å². The molecule has 0 spiro atoms. The van der Waals surface area contributed by atoms with Crippen molar-refractivity contribution >= 4 is 17.8 Å². The predicted molar refractivity (Wildman–Crippen MR) is 69.4 cm³/mol. The van der Waals surface area contributed by atoms with Crippen molar-refractivity contribution in [1.82, 2.24) is 10.2 Å². The fourth-order valence-electron chi connectivity index (χ4n) is 3.28. The Morgan fingerprint density at radius 1 is 1.30 bits per heavy atom. The van der Waals surface area contributed by atoms with E-state index in [2.05, 4.69) is 5.32 Å². The maximum absolute atomic E-state index is 12.4. The summed E-state index contributed by atoms with van der Waals surface area (Å²) in [7, 11) is 0. The zero-order valence-corrected chi connectivity index (χ0v) is 12.0. The van der Waals surface area contributed by atoms with Gasteiger partial charge in [0.05, 0.1) is 6.04 Å². The van der Waals surface area contributed by atoms with Crippen LogP contribution in [0, 0.1) is 0 Å². The number of hydrogen-bond donors (Lipinski definition) is 1. The zero-order chi connectivity index (χ0) is 14.9. The van der Waals surface area contributed by atoms with Gasteiger partial charge in [0.2, 0.25) is 11.8 Å². The third-order valence-corrected chi connectivity index (χ3v) is 4.35. The van der Waals surface area contributed by atoms with E-state index >= 15 is 0 Å². The Bertz CT molecular complexity index is 433. The van der Waals surface area contributed by atoms with Crippen LogP contribution in [0.1, 0.15) is 52.4 Å². The fourth-order valence-corrected chi connectivity index (χ4v) is 3.28. The molecule has 2 atom stereocenters. The average molecular weight is 281 g/mol. The molecule has 0 unspecified atom stereocenters. The number of carboxylic acids is 1. The first-order valence-electron chi connectivity index (χ1n) is 7.17. The van der Waals surface area contributed by atoms with Crippen molar-refractivity contribution < 1.29 is 19.5 Å². The van der Waals surface area contributed by atoms with Crippen LogP contribution in [0.3, 0.4) is 0 Å². The molecule has 0 aromatic rings. The minimum absolute atomic E-state index is 0.00354. The molecule has 2 fully saturated rings. The summed E-state index contributed by atoms with van der Waals surface area (Å²) in [5.74, 6) is -1.67. The molecule has 6 nitrogen and oxygen atoms in total. The van der Waals surface area contributed by atoms with Gasteiger partial charge in [0.15, 0.2) is 0 Å². The van der Waals surface area contributed by atoms with Crippen LogP contribution < -0.4 is 10.4 Å². The SMILES string of the molecule is CC1(C)C(=O)N[C@@H]2CCCC[C@@H]2N1C(=O)CCC(=O)[O-]. The molecule has 0 radical (unpaired) electrons. The van der Waals surface area contributed by atoms with Crippen molar-refractivity contribution in [2.75, 3.05) is 0 Å². The van der Waals surface area contributed by atoms with E-state index in [-0.39, 0.29) is 36.7 Å². The highest BCUT2D eigenvalue weighted by atomic mass is 16.4. The second-order valence-corrected chi connectivity index (χ2v) is 6.13. The van der Waals surface area contributed by atoms with E-state index in [0.717, 1.165) is 25.7 Å². The monoisotopic (exact) mass is 281 g/mol. The van der Waals surface area contributed by atoms with Gasteiger partial charge in [0, 0.05) is 18.4 Å². The molecule has 2 amide bonds. The van der Waals surface area contributed by atoms with E-state index < -0.39 is 11.5 Å². The molecule has 112 valence electrons. The minimum atomic E-state index is -1.24. The van der Waals surface area contributed by atoms with Gasteiger partial charge in [-0.05, 0) is 33.1 Å². The largest absolute Gasteiger partial charge is 0.550 e. The van der Waals surface area contributed by atoms with E-state index in [1.807, 2.05) is 0 Å². The van der Waals surface area contributed by atoms with Gasteiger partial charge < -0.3 is 20.1 Å². The van der Waals surface area contributed by atoms with Crippen LogP contribution in [0.5, 0.6) is 0 Å². The number of nitrogens with one attached hydrogen (secondary N) is 1. The Morgan fingerprint density at radius 2 is 1.95 bits per heavy atom. The summed E-state index contributed by atoms with van der Waals surface area (Å²) in [4.78, 5) is 36.7. The summed E-state index contributed by atoms with van der Waals surface area (Å²) in [6.45, 7) is 3.42. The second kappa shape index (κ2) is 5.42. The van der Waals surface area contributed by atoms with Gasteiger partial charge in [-0.1, -0.05) is 12.8 Å². The molecule has 1 saturated carbocycles. The van der Waals surface area contributed by atoms with Crippen LogP contribution in [0.4, 0.5) is 0 Å². The number of piperazine rings is 1. The first-order chi connectivity index (χ1) is 9.34. The van der Waals surface area contributed by atoms with Crippen molar-refractivity contribution in [2.45, 2.75) is 70.0 Å². The third-order valence-electron chi connectivity index (χ3n) is 4.35. The highest BCUT2D eigenvalue weighted by Gasteiger charge is 2.49. The summed E-state index contributed by atoms with van der Waals surface area (Å²) in [6, 6.07) is -0.0260. The highest BCUT2D eigenvalue weighted by molar-refractivity contribution is 5.93. The van der Waals surface area contributed by atoms with Gasteiger partial charge in [-0.2, -0.15) is 0 Å². The molecule has 6 heteroatoms. The fraction of sp³-hybridized carbons (Fsp3) is 0.786. The number of carbonyl (C=O) groups is 3. The van der Waals surface area contributed by atoms with Gasteiger partial charge in [0.25, 0.3) is 0 Å². The number of fused-ring (bicyclic) bond motifs is 1. The van der Waals surface area contributed by atoms with Crippen molar-refractivity contribution in [3.05, 3.63) is 0 Å². The van der Waals surface area contributed by atoms with Gasteiger partial charge in [-0.15, -0.1) is 0 Å². The number of nitrogens with zero attached hydrogens (tertiary/aromatic N) is 1. The molecule has 2 rings (SSSR count).